The molecule has 1 aliphatic heterocycles. The Kier molecular flexibility index (Phi) is 2.04. The predicted molar refractivity (Wildman–Crippen MR) is 44.8 cm³/mol. The van der Waals surface area contributed by atoms with Crippen LogP contribution in [0.15, 0.2) is 0 Å². The molecule has 0 spiro atoms. The molecule has 0 aliphatic carbocycles. The van der Waals surface area contributed by atoms with Crippen LogP contribution in [-0.2, 0) is 0 Å². The van der Waals surface area contributed by atoms with E-state index in [1.165, 1.54) is 23.9 Å². The molecule has 0 bridgehead atoms. The van der Waals surface area contributed by atoms with Gasteiger partial charge in [-0.2, -0.15) is 0 Å². The zero-order valence-corrected chi connectivity index (χ0v) is 7.72. The minimum atomic E-state index is 0.859. The van der Waals surface area contributed by atoms with Gasteiger partial charge in [-0.1, -0.05) is 13.8 Å². The lowest BCUT2D eigenvalue weighted by atomic mass is 10.0. The van der Waals surface area contributed by atoms with Gasteiger partial charge in [-0.05, 0) is 0 Å². The summed E-state index contributed by atoms with van der Waals surface area (Å²) < 4.78 is 1.25. The van der Waals surface area contributed by atoms with Gasteiger partial charge in [0.05, 0.1) is 26.7 Å². The molecule has 1 nitrogen and oxygen atoms in total. The highest BCUT2D eigenvalue weighted by atomic mass is 15.3. The fourth-order valence-corrected chi connectivity index (χ4v) is 2.36. The van der Waals surface area contributed by atoms with Gasteiger partial charge in [-0.3, -0.25) is 0 Å². The van der Waals surface area contributed by atoms with Crippen molar-refractivity contribution in [3.05, 3.63) is 0 Å². The van der Waals surface area contributed by atoms with Crippen LogP contribution in [0.2, 0.25) is 0 Å². The van der Waals surface area contributed by atoms with Crippen LogP contribution in [0.25, 0.3) is 0 Å². The molecule has 0 radical (unpaired) electrons. The summed E-state index contributed by atoms with van der Waals surface area (Å²) in [5.41, 5.74) is 0. The highest BCUT2D eigenvalue weighted by molar-refractivity contribution is 4.68. The minimum absolute atomic E-state index is 0.859. The van der Waals surface area contributed by atoms with Crippen molar-refractivity contribution in [1.29, 1.82) is 0 Å². The van der Waals surface area contributed by atoms with Gasteiger partial charge in [0.15, 0.2) is 0 Å². The Morgan fingerprint density at radius 3 is 2.10 bits per heavy atom. The summed E-state index contributed by atoms with van der Waals surface area (Å²) in [5.74, 6) is 0.859. The first kappa shape index (κ1) is 8.06. The van der Waals surface area contributed by atoms with Gasteiger partial charge in [-0.25, -0.2) is 0 Å². The normalized spacial score (nSPS) is 31.5. The number of nitrogens with zero attached hydrogens (tertiary/aromatic N) is 1. The Morgan fingerprint density at radius 1 is 1.30 bits per heavy atom. The van der Waals surface area contributed by atoms with E-state index >= 15 is 0 Å². The van der Waals surface area contributed by atoms with Crippen molar-refractivity contribution in [3.63, 3.8) is 0 Å². The highest BCUT2D eigenvalue weighted by Crippen LogP contribution is 2.27. The van der Waals surface area contributed by atoms with Crippen LogP contribution >= 0.6 is 0 Å². The van der Waals surface area contributed by atoms with Gasteiger partial charge < -0.3 is 4.48 Å². The van der Waals surface area contributed by atoms with E-state index in [4.69, 9.17) is 0 Å². The molecule has 0 aromatic heterocycles. The molecule has 1 heteroatoms. The van der Waals surface area contributed by atoms with Crippen LogP contribution in [0, 0.1) is 5.92 Å². The number of hydrogen-bond acceptors (Lipinski definition) is 0. The zero-order valence-electron chi connectivity index (χ0n) is 7.72. The van der Waals surface area contributed by atoms with Crippen molar-refractivity contribution in [2.75, 3.05) is 20.6 Å². The maximum atomic E-state index is 2.36. The molecule has 10 heavy (non-hydrogen) atoms. The lowest BCUT2D eigenvalue weighted by molar-refractivity contribution is -0.905. The second-order valence-electron chi connectivity index (χ2n) is 4.46. The van der Waals surface area contributed by atoms with Crippen LogP contribution < -0.4 is 0 Å². The third-order valence-electron chi connectivity index (χ3n) is 2.90. The van der Waals surface area contributed by atoms with Crippen LogP contribution in [0.4, 0.5) is 0 Å². The summed E-state index contributed by atoms with van der Waals surface area (Å²) in [6.45, 7) is 6.06. The van der Waals surface area contributed by atoms with E-state index in [0.29, 0.717) is 0 Å². The number of rotatable bonds is 1. The first-order valence-corrected chi connectivity index (χ1v) is 4.37. The summed E-state index contributed by atoms with van der Waals surface area (Å²) in [5, 5.41) is 0. The molecule has 1 unspecified atom stereocenters. The van der Waals surface area contributed by atoms with Crippen molar-refractivity contribution in [2.24, 2.45) is 5.92 Å². The molecular formula is C9H20N+. The fraction of sp³-hybridized carbons (Fsp3) is 1.00. The molecule has 0 amide bonds. The van der Waals surface area contributed by atoms with Crippen molar-refractivity contribution in [1.82, 2.24) is 0 Å². The van der Waals surface area contributed by atoms with Gasteiger partial charge in [0, 0.05) is 18.8 Å². The minimum Gasteiger partial charge on any atom is -0.326 e. The summed E-state index contributed by atoms with van der Waals surface area (Å²) in [6, 6.07) is 0.917. The number of quaternary nitrogens is 1. The molecule has 0 N–H and O–H groups in total. The molecule has 1 rings (SSSR count). The Labute approximate surface area is 64.6 Å². The molecular weight excluding hydrogens is 122 g/mol. The topological polar surface area (TPSA) is 0 Å². The Morgan fingerprint density at radius 2 is 1.90 bits per heavy atom. The van der Waals surface area contributed by atoms with Crippen LogP contribution in [-0.4, -0.2) is 31.2 Å². The number of hydrogen-bond donors (Lipinski definition) is 0. The van der Waals surface area contributed by atoms with Gasteiger partial charge >= 0.3 is 0 Å². The second-order valence-corrected chi connectivity index (χ2v) is 4.46. The summed E-state index contributed by atoms with van der Waals surface area (Å²) in [7, 11) is 4.72. The summed E-state index contributed by atoms with van der Waals surface area (Å²) in [4.78, 5) is 0. The van der Waals surface area contributed by atoms with E-state index in [-0.39, 0.29) is 0 Å². The largest absolute Gasteiger partial charge is 0.326 e. The lowest BCUT2D eigenvalue weighted by Gasteiger charge is -2.34. The van der Waals surface area contributed by atoms with Gasteiger partial charge in [0.25, 0.3) is 0 Å². The predicted octanol–water partition coefficient (Wildman–Crippen LogP) is 1.88. The summed E-state index contributed by atoms with van der Waals surface area (Å²) >= 11 is 0. The van der Waals surface area contributed by atoms with Crippen molar-refractivity contribution in [3.8, 4) is 0 Å². The van der Waals surface area contributed by atoms with Crippen LogP contribution in [0.3, 0.4) is 0 Å². The molecule has 60 valence electrons. The molecule has 1 heterocycles. The third kappa shape index (κ3) is 1.34. The summed E-state index contributed by atoms with van der Waals surface area (Å²) in [6.07, 6.45) is 2.86. The first-order chi connectivity index (χ1) is 4.54. The zero-order chi connectivity index (χ0) is 7.78. The van der Waals surface area contributed by atoms with Gasteiger partial charge in [0.2, 0.25) is 0 Å². The maximum Gasteiger partial charge on any atom is 0.0911 e. The molecule has 1 aliphatic rings. The van der Waals surface area contributed by atoms with Crippen molar-refractivity contribution >= 4 is 0 Å². The Bertz CT molecular complexity index is 116. The fourth-order valence-electron chi connectivity index (χ4n) is 2.36. The van der Waals surface area contributed by atoms with Crippen molar-refractivity contribution < 1.29 is 4.48 Å². The van der Waals surface area contributed by atoms with E-state index in [2.05, 4.69) is 27.9 Å². The Hall–Kier alpha value is -0.0400. The van der Waals surface area contributed by atoms with Gasteiger partial charge in [0.1, 0.15) is 0 Å². The smallest absolute Gasteiger partial charge is 0.0911 e. The monoisotopic (exact) mass is 142 g/mol. The maximum absolute atomic E-state index is 2.36. The quantitative estimate of drug-likeness (QED) is 0.490. The average Bonchev–Trinajstić information content (AvgIpc) is 2.08. The molecule has 1 fully saturated rings. The van der Waals surface area contributed by atoms with E-state index in [9.17, 15) is 0 Å². The number of likely N-dealkylation sites (tertiary alicyclic amines) is 1. The SMILES string of the molecule is CC(C)C1CCC[N+]1(C)C. The van der Waals surface area contributed by atoms with E-state index in [1.807, 2.05) is 0 Å². The molecule has 1 saturated heterocycles. The average molecular weight is 142 g/mol. The van der Waals surface area contributed by atoms with E-state index < -0.39 is 0 Å². The standard InChI is InChI=1S/C9H20N/c1-8(2)9-6-5-7-10(9,3)4/h8-9H,5-7H2,1-4H3/q+1. The van der Waals surface area contributed by atoms with E-state index in [0.717, 1.165) is 12.0 Å². The highest BCUT2D eigenvalue weighted by Gasteiger charge is 2.35. The lowest BCUT2D eigenvalue weighted by Crippen LogP contribution is -2.46. The van der Waals surface area contributed by atoms with E-state index in [1.54, 1.807) is 0 Å². The van der Waals surface area contributed by atoms with Crippen molar-refractivity contribution in [2.45, 2.75) is 32.7 Å². The molecule has 1 atom stereocenters. The molecule has 0 saturated carbocycles. The Balaban J connectivity index is 2.59. The van der Waals surface area contributed by atoms with Crippen LogP contribution in [0.5, 0.6) is 0 Å². The molecule has 0 aromatic rings. The van der Waals surface area contributed by atoms with Crippen LogP contribution in [0.1, 0.15) is 26.7 Å². The second kappa shape index (κ2) is 2.54. The van der Waals surface area contributed by atoms with Gasteiger partial charge in [-0.15, -0.1) is 0 Å². The third-order valence-corrected chi connectivity index (χ3v) is 2.90. The molecule has 0 aromatic carbocycles. The first-order valence-electron chi connectivity index (χ1n) is 4.37.